The Hall–Kier alpha value is -1.60. The standard InChI is InChI=1S/C11H14F3N3O2/c12-11(13,14)7-2-1-5-17(6-7)10(19)8-3-4-9(18)16-15-8/h7H,1-6H2,(H,16,18). The molecule has 0 aromatic carbocycles. The Morgan fingerprint density at radius 2 is 2.11 bits per heavy atom. The van der Waals surface area contributed by atoms with Gasteiger partial charge in [-0.05, 0) is 12.8 Å². The van der Waals surface area contributed by atoms with Gasteiger partial charge in [0.15, 0.2) is 0 Å². The molecule has 2 rings (SSSR count). The van der Waals surface area contributed by atoms with Gasteiger partial charge in [-0.3, -0.25) is 9.59 Å². The second-order valence-electron chi connectivity index (χ2n) is 4.73. The van der Waals surface area contributed by atoms with Crippen LogP contribution in [0, 0.1) is 5.92 Å². The van der Waals surface area contributed by atoms with Crippen molar-refractivity contribution < 1.29 is 22.8 Å². The lowest BCUT2D eigenvalue weighted by molar-refractivity contribution is -0.187. The summed E-state index contributed by atoms with van der Waals surface area (Å²) in [5, 5.41) is 3.62. The molecule has 106 valence electrons. The first kappa shape index (κ1) is 13.8. The largest absolute Gasteiger partial charge is 0.393 e. The molecular formula is C11H14F3N3O2. The van der Waals surface area contributed by atoms with Crippen LogP contribution < -0.4 is 5.43 Å². The van der Waals surface area contributed by atoms with E-state index >= 15 is 0 Å². The zero-order valence-corrected chi connectivity index (χ0v) is 10.2. The van der Waals surface area contributed by atoms with Crippen molar-refractivity contribution in [3.63, 3.8) is 0 Å². The highest BCUT2D eigenvalue weighted by Gasteiger charge is 2.43. The van der Waals surface area contributed by atoms with Crippen LogP contribution in [0.3, 0.4) is 0 Å². The molecule has 19 heavy (non-hydrogen) atoms. The summed E-state index contributed by atoms with van der Waals surface area (Å²) in [5.41, 5.74) is 2.30. The molecule has 1 saturated heterocycles. The number of piperidine rings is 1. The lowest BCUT2D eigenvalue weighted by Gasteiger charge is -2.34. The first-order chi connectivity index (χ1) is 8.88. The molecule has 5 nitrogen and oxygen atoms in total. The molecule has 0 bridgehead atoms. The van der Waals surface area contributed by atoms with Gasteiger partial charge in [-0.25, -0.2) is 5.43 Å². The summed E-state index contributed by atoms with van der Waals surface area (Å²) in [5.74, 6) is -2.26. The maximum absolute atomic E-state index is 12.6. The molecule has 0 radical (unpaired) electrons. The van der Waals surface area contributed by atoms with E-state index in [-0.39, 0.29) is 37.4 Å². The molecule has 2 amide bonds. The molecule has 0 spiro atoms. The number of amides is 2. The summed E-state index contributed by atoms with van der Waals surface area (Å²) in [6, 6.07) is 0. The van der Waals surface area contributed by atoms with E-state index < -0.39 is 18.0 Å². The number of hydrogen-bond donors (Lipinski definition) is 1. The average Bonchev–Trinajstić information content (AvgIpc) is 2.38. The Balaban J connectivity index is 2.01. The minimum Gasteiger partial charge on any atom is -0.337 e. The fourth-order valence-corrected chi connectivity index (χ4v) is 2.24. The number of likely N-dealkylation sites (tertiary alicyclic amines) is 1. The lowest BCUT2D eigenvalue weighted by atomic mass is 9.97. The van der Waals surface area contributed by atoms with Crippen LogP contribution in [0.4, 0.5) is 13.2 Å². The van der Waals surface area contributed by atoms with Crippen molar-refractivity contribution in [3.05, 3.63) is 0 Å². The molecule has 0 aromatic rings. The number of carbonyl (C=O) groups excluding carboxylic acids is 2. The molecule has 8 heteroatoms. The quantitative estimate of drug-likeness (QED) is 0.779. The highest BCUT2D eigenvalue weighted by molar-refractivity contribution is 6.39. The maximum Gasteiger partial charge on any atom is 0.393 e. The number of nitrogens with one attached hydrogen (secondary N) is 1. The Bertz CT molecular complexity index is 420. The zero-order valence-electron chi connectivity index (χ0n) is 10.2. The molecule has 2 aliphatic heterocycles. The summed E-state index contributed by atoms with van der Waals surface area (Å²) in [7, 11) is 0. The van der Waals surface area contributed by atoms with Gasteiger partial charge >= 0.3 is 6.18 Å². The molecule has 1 unspecified atom stereocenters. The van der Waals surface area contributed by atoms with E-state index in [1.165, 1.54) is 4.90 Å². The van der Waals surface area contributed by atoms with E-state index in [0.717, 1.165) is 0 Å². The Morgan fingerprint density at radius 1 is 1.37 bits per heavy atom. The molecule has 2 aliphatic rings. The predicted molar refractivity (Wildman–Crippen MR) is 60.2 cm³/mol. The summed E-state index contributed by atoms with van der Waals surface area (Å²) in [6.07, 6.45) is -3.58. The predicted octanol–water partition coefficient (Wildman–Crippen LogP) is 1.05. The number of nitrogens with zero attached hydrogens (tertiary/aromatic N) is 2. The third-order valence-electron chi connectivity index (χ3n) is 3.32. The van der Waals surface area contributed by atoms with Gasteiger partial charge in [0.25, 0.3) is 5.91 Å². The Labute approximate surface area is 107 Å². The molecule has 1 fully saturated rings. The molecule has 1 N–H and O–H groups in total. The van der Waals surface area contributed by atoms with Crippen molar-refractivity contribution in [2.45, 2.75) is 31.9 Å². The number of hydrazone groups is 1. The van der Waals surface area contributed by atoms with E-state index in [0.29, 0.717) is 13.0 Å². The number of halogens is 3. The van der Waals surface area contributed by atoms with Crippen LogP contribution in [-0.2, 0) is 9.59 Å². The highest BCUT2D eigenvalue weighted by atomic mass is 19.4. The van der Waals surface area contributed by atoms with E-state index in [1.807, 2.05) is 0 Å². The number of hydrogen-bond acceptors (Lipinski definition) is 3. The van der Waals surface area contributed by atoms with Crippen LogP contribution in [0.25, 0.3) is 0 Å². The van der Waals surface area contributed by atoms with Crippen molar-refractivity contribution in [2.75, 3.05) is 13.1 Å². The van der Waals surface area contributed by atoms with E-state index in [2.05, 4.69) is 10.5 Å². The normalized spacial score (nSPS) is 24.8. The summed E-state index contributed by atoms with van der Waals surface area (Å²) in [6.45, 7) is -0.0202. The van der Waals surface area contributed by atoms with Crippen molar-refractivity contribution in [3.8, 4) is 0 Å². The van der Waals surface area contributed by atoms with Gasteiger partial charge in [0.1, 0.15) is 5.71 Å². The van der Waals surface area contributed by atoms with E-state index in [1.54, 1.807) is 0 Å². The number of alkyl halides is 3. The molecular weight excluding hydrogens is 263 g/mol. The average molecular weight is 277 g/mol. The summed E-state index contributed by atoms with van der Waals surface area (Å²) < 4.78 is 37.9. The third kappa shape index (κ3) is 3.24. The van der Waals surface area contributed by atoms with E-state index in [9.17, 15) is 22.8 Å². The lowest BCUT2D eigenvalue weighted by Crippen LogP contribution is -2.48. The Morgan fingerprint density at radius 3 is 2.68 bits per heavy atom. The first-order valence-corrected chi connectivity index (χ1v) is 6.09. The second-order valence-corrected chi connectivity index (χ2v) is 4.73. The van der Waals surface area contributed by atoms with Gasteiger partial charge in [0.05, 0.1) is 5.92 Å². The fourth-order valence-electron chi connectivity index (χ4n) is 2.24. The van der Waals surface area contributed by atoms with Crippen molar-refractivity contribution >= 4 is 17.5 Å². The highest BCUT2D eigenvalue weighted by Crippen LogP contribution is 2.33. The molecule has 1 atom stereocenters. The topological polar surface area (TPSA) is 61.8 Å². The molecule has 0 aromatic heterocycles. The van der Waals surface area contributed by atoms with Crippen LogP contribution in [0.2, 0.25) is 0 Å². The van der Waals surface area contributed by atoms with Crippen LogP contribution >= 0.6 is 0 Å². The fraction of sp³-hybridized carbons (Fsp3) is 0.727. The van der Waals surface area contributed by atoms with Gasteiger partial charge < -0.3 is 4.90 Å². The monoisotopic (exact) mass is 277 g/mol. The van der Waals surface area contributed by atoms with Crippen LogP contribution in [-0.4, -0.2) is 41.7 Å². The number of rotatable bonds is 1. The van der Waals surface area contributed by atoms with Crippen LogP contribution in [0.5, 0.6) is 0 Å². The molecule has 0 aliphatic carbocycles. The minimum absolute atomic E-state index is 0.0521. The maximum atomic E-state index is 12.6. The van der Waals surface area contributed by atoms with Crippen molar-refractivity contribution in [1.82, 2.24) is 10.3 Å². The first-order valence-electron chi connectivity index (χ1n) is 6.09. The summed E-state index contributed by atoms with van der Waals surface area (Å²) >= 11 is 0. The van der Waals surface area contributed by atoms with Gasteiger partial charge in [-0.1, -0.05) is 0 Å². The summed E-state index contributed by atoms with van der Waals surface area (Å²) in [4.78, 5) is 24.1. The van der Waals surface area contributed by atoms with Gasteiger partial charge in [-0.15, -0.1) is 0 Å². The second kappa shape index (κ2) is 5.18. The van der Waals surface area contributed by atoms with Gasteiger partial charge in [-0.2, -0.15) is 18.3 Å². The molecule has 0 saturated carbocycles. The number of carbonyl (C=O) groups is 2. The van der Waals surface area contributed by atoms with Crippen molar-refractivity contribution in [1.29, 1.82) is 0 Å². The van der Waals surface area contributed by atoms with Crippen molar-refractivity contribution in [2.24, 2.45) is 11.0 Å². The molecule has 2 heterocycles. The van der Waals surface area contributed by atoms with E-state index in [4.69, 9.17) is 0 Å². The SMILES string of the molecule is O=C1CCC(C(=O)N2CCCC(C(F)(F)F)C2)=NN1. The van der Waals surface area contributed by atoms with Gasteiger partial charge in [0, 0.05) is 25.9 Å². The smallest absolute Gasteiger partial charge is 0.337 e. The van der Waals surface area contributed by atoms with Crippen LogP contribution in [0.1, 0.15) is 25.7 Å². The van der Waals surface area contributed by atoms with Crippen LogP contribution in [0.15, 0.2) is 5.10 Å². The Kier molecular flexibility index (Phi) is 3.77. The van der Waals surface area contributed by atoms with Gasteiger partial charge in [0.2, 0.25) is 5.91 Å². The zero-order chi connectivity index (χ0) is 14.0. The minimum atomic E-state index is -4.28. The third-order valence-corrected chi connectivity index (χ3v) is 3.32.